The van der Waals surface area contributed by atoms with Gasteiger partial charge in [0.25, 0.3) is 0 Å². The Labute approximate surface area is 299 Å². The second kappa shape index (κ2) is 15.4. The molecule has 0 aliphatic carbocycles. The molecule has 11 nitrogen and oxygen atoms in total. The van der Waals surface area contributed by atoms with Gasteiger partial charge in [0.2, 0.25) is 0 Å². The van der Waals surface area contributed by atoms with Crippen molar-refractivity contribution in [2.75, 3.05) is 40.3 Å². The zero-order valence-electron chi connectivity index (χ0n) is 30.1. The van der Waals surface area contributed by atoms with E-state index in [9.17, 15) is 14.8 Å². The predicted molar refractivity (Wildman–Crippen MR) is 197 cm³/mol. The van der Waals surface area contributed by atoms with E-state index in [0.29, 0.717) is 18.8 Å². The van der Waals surface area contributed by atoms with Crippen molar-refractivity contribution in [3.05, 3.63) is 123 Å². The zero-order valence-corrected chi connectivity index (χ0v) is 30.1. The number of fused-ring (bicyclic) bond motifs is 4. The molecule has 0 amide bonds. The average Bonchev–Trinajstić information content (AvgIpc) is 3.66. The van der Waals surface area contributed by atoms with Gasteiger partial charge in [0.15, 0.2) is 11.6 Å². The first-order chi connectivity index (χ1) is 24.6. The fourth-order valence-electron chi connectivity index (χ4n) is 7.90. The Hall–Kier alpha value is -4.52. The predicted octanol–water partition coefficient (Wildman–Crippen LogP) is 6.37. The smallest absolute Gasteiger partial charge is 0.177 e. The number of hydrogen-bond acceptors (Lipinski definition) is 8. The Balaban J connectivity index is 0.000000168. The maximum Gasteiger partial charge on any atom is 0.177 e. The summed E-state index contributed by atoms with van der Waals surface area (Å²) in [6, 6.07) is 17.1. The average molecular weight is 693 g/mol. The van der Waals surface area contributed by atoms with Gasteiger partial charge in [0, 0.05) is 64.0 Å². The van der Waals surface area contributed by atoms with Gasteiger partial charge in [-0.3, -0.25) is 20.1 Å². The van der Waals surface area contributed by atoms with Gasteiger partial charge >= 0.3 is 0 Å². The van der Waals surface area contributed by atoms with Crippen LogP contribution >= 0.6 is 0 Å². The number of ketones is 2. The molecule has 2 aromatic heterocycles. The van der Waals surface area contributed by atoms with Crippen LogP contribution in [-0.2, 0) is 25.9 Å². The third kappa shape index (κ3) is 7.44. The Morgan fingerprint density at radius 1 is 0.667 bits per heavy atom. The number of likely N-dealkylation sites (tertiary alicyclic amines) is 2. The van der Waals surface area contributed by atoms with Gasteiger partial charge in [-0.15, -0.1) is 0 Å². The molecule has 0 bridgehead atoms. The molecule has 0 saturated carbocycles. The van der Waals surface area contributed by atoms with E-state index in [1.54, 1.807) is 33.3 Å². The summed E-state index contributed by atoms with van der Waals surface area (Å²) in [5.41, 5.74) is 11.7. The van der Waals surface area contributed by atoms with Crippen LogP contribution in [-0.4, -0.2) is 91.0 Å². The topological polar surface area (TPSA) is 137 Å². The number of nitrogens with zero attached hydrogens (tertiary/aromatic N) is 6. The third-order valence-corrected chi connectivity index (χ3v) is 10.7. The first kappa shape index (κ1) is 36.3. The van der Waals surface area contributed by atoms with Gasteiger partial charge in [-0.25, -0.2) is 9.97 Å². The Bertz CT molecular complexity index is 1980. The molecule has 6 heterocycles. The van der Waals surface area contributed by atoms with Gasteiger partial charge < -0.3 is 23.9 Å². The van der Waals surface area contributed by atoms with Crippen LogP contribution in [0.3, 0.4) is 0 Å². The molecule has 4 aromatic rings. The number of Topliss-reactive ketones (excluding diaryl/α,β-unsaturated/α-hetero) is 2. The summed E-state index contributed by atoms with van der Waals surface area (Å²) in [7, 11) is 3.93. The van der Waals surface area contributed by atoms with Gasteiger partial charge in [0.05, 0.1) is 32.5 Å². The minimum atomic E-state index is -0.175. The van der Waals surface area contributed by atoms with Crippen molar-refractivity contribution in [2.45, 2.75) is 65.5 Å². The highest BCUT2D eigenvalue weighted by atomic mass is 17.0. The molecular formula is C40H48N6O5. The number of benzene rings is 2. The lowest BCUT2D eigenvalue weighted by Gasteiger charge is -2.42. The first-order valence-electron chi connectivity index (χ1n) is 17.8. The van der Waals surface area contributed by atoms with E-state index in [-0.39, 0.29) is 16.2 Å². The summed E-state index contributed by atoms with van der Waals surface area (Å²) in [6.07, 6.45) is 8.98. The van der Waals surface area contributed by atoms with Crippen molar-refractivity contribution in [3.8, 4) is 0 Å². The lowest BCUT2D eigenvalue weighted by atomic mass is 9.90. The van der Waals surface area contributed by atoms with Crippen LogP contribution < -0.4 is 0 Å². The lowest BCUT2D eigenvalue weighted by Crippen LogP contribution is -2.42. The van der Waals surface area contributed by atoms with Crippen LogP contribution in [0.1, 0.15) is 94.4 Å². The maximum absolute atomic E-state index is 12.3. The standard InChI is InChI=1S/C20H23N3O2.C20H23N3O.H2O2/c1-14(24)18-13-21-20-19(16-8-11-23(2,25)12-9-16)17-6-4-3-5-15(17)7-10-22(18)20;1-14(24)18-13-21-20-19(16-7-10-22(2)11-8-16)17-6-4-3-5-15(17)9-12-23(18)20;1-2/h3-6,13H,7-12H2,1-2H3;3-6,13H,7-12H2,1-2H3;1-2H. The molecule has 4 aliphatic heterocycles. The lowest BCUT2D eigenvalue weighted by molar-refractivity contribution is -0.863. The molecule has 2 aromatic carbocycles. The molecular weight excluding hydrogens is 644 g/mol. The molecule has 0 radical (unpaired) electrons. The highest BCUT2D eigenvalue weighted by Crippen LogP contribution is 2.38. The fourth-order valence-corrected chi connectivity index (χ4v) is 7.90. The molecule has 4 aliphatic rings. The van der Waals surface area contributed by atoms with Crippen LogP contribution in [0.15, 0.2) is 72.1 Å². The number of hydrogen-bond donors (Lipinski definition) is 2. The Kier molecular flexibility index (Phi) is 10.9. The Morgan fingerprint density at radius 3 is 1.51 bits per heavy atom. The summed E-state index contributed by atoms with van der Waals surface area (Å²) in [4.78, 5) is 35.7. The van der Waals surface area contributed by atoms with Crippen LogP contribution in [0.5, 0.6) is 0 Å². The number of hydroxylamine groups is 3. The van der Waals surface area contributed by atoms with E-state index < -0.39 is 0 Å². The molecule has 11 heteroatoms. The van der Waals surface area contributed by atoms with E-state index in [1.165, 1.54) is 39.0 Å². The Morgan fingerprint density at radius 2 is 1.08 bits per heavy atom. The van der Waals surface area contributed by atoms with Crippen molar-refractivity contribution in [3.63, 3.8) is 0 Å². The highest BCUT2D eigenvalue weighted by Gasteiger charge is 2.29. The van der Waals surface area contributed by atoms with Crippen LogP contribution in [0.2, 0.25) is 0 Å². The highest BCUT2D eigenvalue weighted by molar-refractivity contribution is 5.94. The number of quaternary nitrogens is 1. The van der Waals surface area contributed by atoms with Crippen molar-refractivity contribution in [2.24, 2.45) is 0 Å². The fraction of sp³-hybridized carbons (Fsp3) is 0.400. The number of aromatic nitrogens is 4. The number of imidazole rings is 2. The number of aryl methyl sites for hydroxylation is 2. The third-order valence-electron chi connectivity index (χ3n) is 10.7. The van der Waals surface area contributed by atoms with Crippen LogP contribution in [0, 0.1) is 5.21 Å². The molecule has 51 heavy (non-hydrogen) atoms. The minimum absolute atomic E-state index is 0.0431. The van der Waals surface area contributed by atoms with E-state index in [1.807, 2.05) is 0 Å². The monoisotopic (exact) mass is 692 g/mol. The van der Waals surface area contributed by atoms with Gasteiger partial charge in [-0.05, 0) is 60.6 Å². The van der Waals surface area contributed by atoms with Crippen molar-refractivity contribution < 1.29 is 24.7 Å². The molecule has 268 valence electrons. The van der Waals surface area contributed by atoms with Gasteiger partial charge in [0.1, 0.15) is 23.0 Å². The summed E-state index contributed by atoms with van der Waals surface area (Å²) in [5, 5.41) is 24.3. The molecule has 0 atom stereocenters. The van der Waals surface area contributed by atoms with Crippen LogP contribution in [0.4, 0.5) is 0 Å². The van der Waals surface area contributed by atoms with Crippen molar-refractivity contribution in [1.29, 1.82) is 0 Å². The van der Waals surface area contributed by atoms with E-state index >= 15 is 0 Å². The first-order valence-corrected chi connectivity index (χ1v) is 17.8. The van der Waals surface area contributed by atoms with Crippen molar-refractivity contribution in [1.82, 2.24) is 24.0 Å². The number of carbonyl (C=O) groups is 2. The molecule has 2 fully saturated rings. The quantitative estimate of drug-likeness (QED) is 0.0814. The summed E-state index contributed by atoms with van der Waals surface area (Å²) >= 11 is 0. The molecule has 0 unspecified atom stereocenters. The second-order valence-electron chi connectivity index (χ2n) is 14.2. The summed E-state index contributed by atoms with van der Waals surface area (Å²) in [6.45, 7) is 8.16. The molecule has 2 N–H and O–H groups in total. The SMILES string of the molecule is CC(=O)c1cnc2n1CCc1ccccc1C2=C1CCN(C)CC1.CC(=O)c1cnc2n1CCc1ccccc1C2=C1CC[N+](C)([O-])CC1.OO. The number of piperidine rings is 2. The van der Waals surface area contributed by atoms with E-state index in [2.05, 4.69) is 79.6 Å². The zero-order chi connectivity index (χ0) is 36.3. The molecule has 8 rings (SSSR count). The van der Waals surface area contributed by atoms with Gasteiger partial charge in [-0.2, -0.15) is 0 Å². The second-order valence-corrected chi connectivity index (χ2v) is 14.2. The molecule has 0 spiro atoms. The normalized spacial score (nSPS) is 19.9. The van der Waals surface area contributed by atoms with E-state index in [0.717, 1.165) is 87.6 Å². The maximum atomic E-state index is 12.3. The van der Waals surface area contributed by atoms with E-state index in [4.69, 9.17) is 10.5 Å². The van der Waals surface area contributed by atoms with Crippen LogP contribution in [0.25, 0.3) is 11.1 Å². The molecule has 2 saturated heterocycles. The number of rotatable bonds is 2. The minimum Gasteiger partial charge on any atom is -0.633 e. The van der Waals surface area contributed by atoms with Gasteiger partial charge in [-0.1, -0.05) is 54.1 Å². The summed E-state index contributed by atoms with van der Waals surface area (Å²) in [5.74, 6) is 1.99. The number of carbonyl (C=O) groups excluding carboxylic acids is 2. The van der Waals surface area contributed by atoms with Crippen molar-refractivity contribution >= 4 is 22.7 Å². The summed E-state index contributed by atoms with van der Waals surface area (Å²) < 4.78 is 4.01. The largest absolute Gasteiger partial charge is 0.633 e.